The minimum Gasteiger partial charge on any atom is -0.497 e. The molecule has 1 aromatic heterocycles. The normalized spacial score (nSPS) is 10.7. The molecule has 0 saturated heterocycles. The van der Waals surface area contributed by atoms with Crippen molar-refractivity contribution in [1.82, 2.24) is 9.88 Å². The molecular weight excluding hydrogens is 406 g/mol. The van der Waals surface area contributed by atoms with Crippen molar-refractivity contribution in [3.63, 3.8) is 0 Å². The number of nitrogens with zero attached hydrogens (tertiary/aromatic N) is 3. The lowest BCUT2D eigenvalue weighted by atomic mass is 10.1. The van der Waals surface area contributed by atoms with Gasteiger partial charge in [-0.3, -0.25) is 4.79 Å². The topological polar surface area (TPSA) is 64.1 Å². The summed E-state index contributed by atoms with van der Waals surface area (Å²) in [7, 11) is 8.79. The van der Waals surface area contributed by atoms with Crippen molar-refractivity contribution < 1.29 is 19.0 Å². The molecule has 3 rings (SSSR count). The van der Waals surface area contributed by atoms with E-state index in [0.717, 1.165) is 33.6 Å². The molecule has 0 N–H and O–H groups in total. The van der Waals surface area contributed by atoms with Crippen LogP contribution in [0.5, 0.6) is 17.2 Å². The van der Waals surface area contributed by atoms with Crippen LogP contribution < -0.4 is 19.1 Å². The monoisotopic (exact) mass is 437 g/mol. The Hall–Kier alpha value is -3.48. The summed E-state index contributed by atoms with van der Waals surface area (Å²) in [6.07, 6.45) is 0.422. The number of benzene rings is 2. The Bertz CT molecular complexity index is 1080. The Labute approximate surface area is 189 Å². The van der Waals surface area contributed by atoms with E-state index in [1.165, 1.54) is 0 Å². The second kappa shape index (κ2) is 10.2. The number of methoxy groups -OCH3 is 3. The number of aromatic nitrogens is 1. The summed E-state index contributed by atoms with van der Waals surface area (Å²) < 4.78 is 16.3. The summed E-state index contributed by atoms with van der Waals surface area (Å²) in [5.74, 6) is 3.03. The molecule has 0 aliphatic carbocycles. The maximum absolute atomic E-state index is 12.8. The van der Waals surface area contributed by atoms with E-state index in [1.54, 1.807) is 21.3 Å². The highest BCUT2D eigenvalue weighted by atomic mass is 16.5. The van der Waals surface area contributed by atoms with Gasteiger partial charge >= 0.3 is 0 Å². The minimum atomic E-state index is 0.0724. The van der Waals surface area contributed by atoms with E-state index in [1.807, 2.05) is 73.3 Å². The van der Waals surface area contributed by atoms with Gasteiger partial charge in [0.15, 0.2) is 0 Å². The maximum Gasteiger partial charge on any atom is 0.222 e. The first-order valence-electron chi connectivity index (χ1n) is 10.5. The van der Waals surface area contributed by atoms with Gasteiger partial charge in [-0.25, -0.2) is 4.98 Å². The highest BCUT2D eigenvalue weighted by Crippen LogP contribution is 2.35. The van der Waals surface area contributed by atoms with Gasteiger partial charge in [-0.05, 0) is 35.9 Å². The molecule has 0 bridgehead atoms. The molecule has 0 radical (unpaired) electrons. The lowest BCUT2D eigenvalue weighted by Gasteiger charge is -2.26. The van der Waals surface area contributed by atoms with Gasteiger partial charge in [-0.2, -0.15) is 0 Å². The van der Waals surface area contributed by atoms with Crippen LogP contribution in [0.2, 0.25) is 0 Å². The van der Waals surface area contributed by atoms with Gasteiger partial charge in [0.25, 0.3) is 0 Å². The molecule has 32 heavy (non-hydrogen) atoms. The highest BCUT2D eigenvalue weighted by molar-refractivity contribution is 5.92. The summed E-state index contributed by atoms with van der Waals surface area (Å²) in [5.41, 5.74) is 2.69. The summed E-state index contributed by atoms with van der Waals surface area (Å²) in [6.45, 7) is 2.80. The van der Waals surface area contributed by atoms with Crippen LogP contribution in [-0.4, -0.2) is 51.2 Å². The number of amides is 1. The van der Waals surface area contributed by atoms with Crippen molar-refractivity contribution >= 4 is 22.6 Å². The van der Waals surface area contributed by atoms with Crippen LogP contribution in [0, 0.1) is 0 Å². The maximum atomic E-state index is 12.8. The van der Waals surface area contributed by atoms with Crippen molar-refractivity contribution in [3.05, 3.63) is 53.6 Å². The van der Waals surface area contributed by atoms with Gasteiger partial charge in [0.1, 0.15) is 28.6 Å². The number of carbonyl (C=O) groups is 1. The first kappa shape index (κ1) is 23.2. The number of anilines is 1. The van der Waals surface area contributed by atoms with Crippen LogP contribution in [0.1, 0.15) is 24.5 Å². The van der Waals surface area contributed by atoms with Crippen LogP contribution in [-0.2, 0) is 17.9 Å². The Kier molecular flexibility index (Phi) is 7.41. The van der Waals surface area contributed by atoms with Crippen LogP contribution >= 0.6 is 0 Å². The predicted molar refractivity (Wildman–Crippen MR) is 127 cm³/mol. The third-order valence-electron chi connectivity index (χ3n) is 5.38. The first-order valence-corrected chi connectivity index (χ1v) is 10.5. The zero-order chi connectivity index (χ0) is 23.3. The van der Waals surface area contributed by atoms with E-state index in [4.69, 9.17) is 19.2 Å². The lowest BCUT2D eigenvalue weighted by Crippen LogP contribution is -2.30. The molecule has 0 aliphatic heterocycles. The fraction of sp³-hybridized carbons (Fsp3) is 0.360. The molecule has 0 spiro atoms. The average molecular weight is 438 g/mol. The van der Waals surface area contributed by atoms with Crippen LogP contribution in [0.25, 0.3) is 10.9 Å². The third-order valence-corrected chi connectivity index (χ3v) is 5.38. The van der Waals surface area contributed by atoms with Gasteiger partial charge in [-0.15, -0.1) is 0 Å². The van der Waals surface area contributed by atoms with Crippen LogP contribution in [0.15, 0.2) is 42.5 Å². The molecule has 0 fully saturated rings. The predicted octanol–water partition coefficient (Wildman–Crippen LogP) is 4.27. The molecule has 0 aliphatic rings. The zero-order valence-electron chi connectivity index (χ0n) is 19.6. The van der Waals surface area contributed by atoms with Gasteiger partial charge in [-0.1, -0.05) is 19.1 Å². The summed E-state index contributed by atoms with van der Waals surface area (Å²) >= 11 is 0. The van der Waals surface area contributed by atoms with Gasteiger partial charge in [0.2, 0.25) is 5.91 Å². The molecule has 7 heteroatoms. The lowest BCUT2D eigenvalue weighted by molar-refractivity contribution is -0.132. The van der Waals surface area contributed by atoms with Crippen molar-refractivity contribution in [3.8, 4) is 17.2 Å². The Morgan fingerprint density at radius 1 is 0.906 bits per heavy atom. The standard InChI is InChI=1S/C25H31N3O4/c1-7-23(29)28(15-17-8-10-19(30-4)11-9-17)16-18-14-20-21(31-5)12-13-22(32-6)24(20)26-25(18)27(2)3/h8-14H,7,15-16H2,1-6H3. The molecule has 2 aromatic carbocycles. The van der Waals surface area contributed by atoms with E-state index < -0.39 is 0 Å². The van der Waals surface area contributed by atoms with Gasteiger partial charge < -0.3 is 24.0 Å². The number of rotatable bonds is 9. The number of hydrogen-bond acceptors (Lipinski definition) is 6. The van der Waals surface area contributed by atoms with E-state index in [2.05, 4.69) is 0 Å². The number of ether oxygens (including phenoxy) is 3. The summed E-state index contributed by atoms with van der Waals surface area (Å²) in [6, 6.07) is 13.5. The summed E-state index contributed by atoms with van der Waals surface area (Å²) in [5, 5.41) is 0.848. The Balaban J connectivity index is 2.05. The van der Waals surface area contributed by atoms with Crippen molar-refractivity contribution in [1.29, 1.82) is 0 Å². The van der Waals surface area contributed by atoms with Crippen LogP contribution in [0.4, 0.5) is 5.82 Å². The van der Waals surface area contributed by atoms with Crippen molar-refractivity contribution in [2.75, 3.05) is 40.3 Å². The smallest absolute Gasteiger partial charge is 0.222 e. The molecular formula is C25H31N3O4. The molecule has 0 atom stereocenters. The highest BCUT2D eigenvalue weighted by Gasteiger charge is 2.20. The molecule has 1 heterocycles. The SMILES string of the molecule is CCC(=O)N(Cc1ccc(OC)cc1)Cc1cc2c(OC)ccc(OC)c2nc1N(C)C. The third kappa shape index (κ3) is 4.88. The van der Waals surface area contributed by atoms with Crippen molar-refractivity contribution in [2.45, 2.75) is 26.4 Å². The molecule has 1 amide bonds. The summed E-state index contributed by atoms with van der Waals surface area (Å²) in [4.78, 5) is 21.5. The zero-order valence-corrected chi connectivity index (χ0v) is 19.6. The Morgan fingerprint density at radius 2 is 1.56 bits per heavy atom. The largest absolute Gasteiger partial charge is 0.497 e. The van der Waals surface area contributed by atoms with Gasteiger partial charge in [0, 0.05) is 44.6 Å². The number of fused-ring (bicyclic) bond motifs is 1. The average Bonchev–Trinajstić information content (AvgIpc) is 2.82. The fourth-order valence-electron chi connectivity index (χ4n) is 3.70. The second-order valence-electron chi connectivity index (χ2n) is 7.68. The van der Waals surface area contributed by atoms with E-state index >= 15 is 0 Å². The van der Waals surface area contributed by atoms with Crippen LogP contribution in [0.3, 0.4) is 0 Å². The fourth-order valence-corrected chi connectivity index (χ4v) is 3.70. The first-order chi connectivity index (χ1) is 15.4. The number of hydrogen-bond donors (Lipinski definition) is 0. The molecule has 0 unspecified atom stereocenters. The minimum absolute atomic E-state index is 0.0724. The van der Waals surface area contributed by atoms with Gasteiger partial charge in [0.05, 0.1) is 21.3 Å². The number of carbonyl (C=O) groups excluding carboxylic acids is 1. The number of pyridine rings is 1. The van der Waals surface area contributed by atoms with E-state index in [9.17, 15) is 4.79 Å². The van der Waals surface area contributed by atoms with E-state index in [-0.39, 0.29) is 5.91 Å². The molecule has 7 nitrogen and oxygen atoms in total. The molecule has 0 saturated carbocycles. The molecule has 170 valence electrons. The Morgan fingerprint density at radius 3 is 2.12 bits per heavy atom. The van der Waals surface area contributed by atoms with Crippen molar-refractivity contribution in [2.24, 2.45) is 0 Å². The quantitative estimate of drug-likeness (QED) is 0.498. The second-order valence-corrected chi connectivity index (χ2v) is 7.68. The van der Waals surface area contributed by atoms with E-state index in [0.29, 0.717) is 31.0 Å². The molecule has 3 aromatic rings.